The van der Waals surface area contributed by atoms with Crippen LogP contribution in [-0.4, -0.2) is 11.7 Å². The second-order valence-electron chi connectivity index (χ2n) is 4.00. The molecule has 82 valence electrons. The van der Waals surface area contributed by atoms with Gasteiger partial charge in [0.05, 0.1) is 6.61 Å². The van der Waals surface area contributed by atoms with E-state index in [1.54, 1.807) is 6.08 Å². The van der Waals surface area contributed by atoms with Gasteiger partial charge in [-0.3, -0.25) is 0 Å². The second kappa shape index (κ2) is 4.50. The minimum Gasteiger partial charge on any atom is -0.395 e. The molecule has 1 atom stereocenters. The van der Waals surface area contributed by atoms with Gasteiger partial charge in [-0.25, -0.2) is 0 Å². The van der Waals surface area contributed by atoms with Gasteiger partial charge in [-0.15, -0.1) is 0 Å². The highest BCUT2D eigenvalue weighted by molar-refractivity contribution is 5.79. The number of benzene rings is 1. The number of allylic oxidation sites excluding steroid dienone is 4. The molecule has 0 radical (unpaired) electrons. The topological polar surface area (TPSA) is 20.2 Å². The molecule has 0 saturated heterocycles. The Balaban J connectivity index is 2.51. The normalized spacial score (nSPS) is 19.2. The molecule has 1 aliphatic rings. The molecule has 16 heavy (non-hydrogen) atoms. The number of hydrogen-bond donors (Lipinski definition) is 1. The molecular weight excluding hydrogens is 196 g/mol. The summed E-state index contributed by atoms with van der Waals surface area (Å²) in [5.74, 6) is 0.118. The maximum absolute atomic E-state index is 9.51. The molecule has 2 rings (SSSR count). The van der Waals surface area contributed by atoms with E-state index in [0.29, 0.717) is 0 Å². The van der Waals surface area contributed by atoms with Gasteiger partial charge in [0.2, 0.25) is 0 Å². The third-order valence-corrected chi connectivity index (χ3v) is 3.14. The molecule has 0 heterocycles. The van der Waals surface area contributed by atoms with Crippen molar-refractivity contribution in [2.45, 2.75) is 12.8 Å². The molecule has 1 aromatic rings. The SMILES string of the molecule is C=C/C=C\C1=C(C)c2ccccc2C1CO. The van der Waals surface area contributed by atoms with Crippen molar-refractivity contribution in [1.29, 1.82) is 0 Å². The van der Waals surface area contributed by atoms with Crippen LogP contribution >= 0.6 is 0 Å². The number of rotatable bonds is 3. The molecule has 0 fully saturated rings. The highest BCUT2D eigenvalue weighted by Gasteiger charge is 2.26. The number of aliphatic hydroxyl groups is 1. The van der Waals surface area contributed by atoms with Crippen molar-refractivity contribution in [3.63, 3.8) is 0 Å². The first kappa shape index (κ1) is 10.9. The Labute approximate surface area is 96.4 Å². The molecule has 1 aromatic carbocycles. The van der Waals surface area contributed by atoms with E-state index in [1.807, 2.05) is 24.3 Å². The van der Waals surface area contributed by atoms with E-state index < -0.39 is 0 Å². The molecule has 1 unspecified atom stereocenters. The first-order chi connectivity index (χ1) is 7.79. The van der Waals surface area contributed by atoms with Crippen LogP contribution in [0.3, 0.4) is 0 Å². The van der Waals surface area contributed by atoms with Crippen molar-refractivity contribution in [3.8, 4) is 0 Å². The summed E-state index contributed by atoms with van der Waals surface area (Å²) >= 11 is 0. The van der Waals surface area contributed by atoms with E-state index in [1.165, 1.54) is 22.3 Å². The highest BCUT2D eigenvalue weighted by Crippen LogP contribution is 2.41. The molecule has 0 aromatic heterocycles. The minimum absolute atomic E-state index is 0.118. The lowest BCUT2D eigenvalue weighted by Crippen LogP contribution is -2.02. The molecule has 0 bridgehead atoms. The Morgan fingerprint density at radius 2 is 2.12 bits per heavy atom. The molecule has 1 N–H and O–H groups in total. The van der Waals surface area contributed by atoms with E-state index >= 15 is 0 Å². The smallest absolute Gasteiger partial charge is 0.0540 e. The summed E-state index contributed by atoms with van der Waals surface area (Å²) in [4.78, 5) is 0. The maximum atomic E-state index is 9.51. The predicted octanol–water partition coefficient (Wildman–Crippen LogP) is 3.29. The number of fused-ring (bicyclic) bond motifs is 1. The lowest BCUT2D eigenvalue weighted by atomic mass is 9.96. The van der Waals surface area contributed by atoms with Crippen molar-refractivity contribution in [2.75, 3.05) is 6.61 Å². The van der Waals surface area contributed by atoms with E-state index in [-0.39, 0.29) is 12.5 Å². The van der Waals surface area contributed by atoms with Crippen LogP contribution in [0.2, 0.25) is 0 Å². The van der Waals surface area contributed by atoms with Crippen molar-refractivity contribution >= 4 is 5.57 Å². The Hall–Kier alpha value is -1.60. The van der Waals surface area contributed by atoms with Gasteiger partial charge in [0.25, 0.3) is 0 Å². The molecule has 0 amide bonds. The standard InChI is InChI=1S/C15H16O/c1-3-4-7-13-11(2)12-8-5-6-9-14(12)15(13)10-16/h3-9,15-16H,1,10H2,2H3/b7-4-. The summed E-state index contributed by atoms with van der Waals surface area (Å²) in [6.07, 6.45) is 5.73. The van der Waals surface area contributed by atoms with Crippen LogP contribution in [0.4, 0.5) is 0 Å². The summed E-state index contributed by atoms with van der Waals surface area (Å²) in [7, 11) is 0. The quantitative estimate of drug-likeness (QED) is 0.762. The van der Waals surface area contributed by atoms with Gasteiger partial charge in [-0.05, 0) is 29.2 Å². The summed E-state index contributed by atoms with van der Waals surface area (Å²) in [5.41, 5.74) is 4.94. The van der Waals surface area contributed by atoms with Crippen LogP contribution in [0.25, 0.3) is 5.57 Å². The number of hydrogen-bond acceptors (Lipinski definition) is 1. The highest BCUT2D eigenvalue weighted by atomic mass is 16.3. The summed E-state index contributed by atoms with van der Waals surface area (Å²) in [6.45, 7) is 5.94. The first-order valence-electron chi connectivity index (χ1n) is 5.49. The molecule has 1 nitrogen and oxygen atoms in total. The largest absolute Gasteiger partial charge is 0.395 e. The van der Waals surface area contributed by atoms with Crippen LogP contribution in [0.5, 0.6) is 0 Å². The van der Waals surface area contributed by atoms with E-state index in [2.05, 4.69) is 25.6 Å². The Bertz CT molecular complexity index is 466. The molecular formula is C15H16O. The molecule has 0 aliphatic heterocycles. The van der Waals surface area contributed by atoms with Gasteiger partial charge >= 0.3 is 0 Å². The zero-order chi connectivity index (χ0) is 11.5. The second-order valence-corrected chi connectivity index (χ2v) is 4.00. The van der Waals surface area contributed by atoms with Crippen molar-refractivity contribution < 1.29 is 5.11 Å². The van der Waals surface area contributed by atoms with Crippen molar-refractivity contribution in [3.05, 3.63) is 65.8 Å². The van der Waals surface area contributed by atoms with Crippen molar-refractivity contribution in [2.24, 2.45) is 0 Å². The predicted molar refractivity (Wildman–Crippen MR) is 68.2 cm³/mol. The summed E-state index contributed by atoms with van der Waals surface area (Å²) < 4.78 is 0. The Kier molecular flexibility index (Phi) is 3.07. The molecule has 1 heteroatoms. The van der Waals surface area contributed by atoms with Gasteiger partial charge < -0.3 is 5.11 Å². The fraction of sp³-hybridized carbons (Fsp3) is 0.200. The van der Waals surface area contributed by atoms with Crippen LogP contribution < -0.4 is 0 Å². The summed E-state index contributed by atoms with van der Waals surface area (Å²) in [6, 6.07) is 8.27. The molecule has 0 spiro atoms. The van der Waals surface area contributed by atoms with Crippen LogP contribution in [0.15, 0.2) is 54.6 Å². The van der Waals surface area contributed by atoms with E-state index in [4.69, 9.17) is 0 Å². The van der Waals surface area contributed by atoms with E-state index in [9.17, 15) is 5.11 Å². The van der Waals surface area contributed by atoms with Crippen molar-refractivity contribution in [1.82, 2.24) is 0 Å². The first-order valence-corrected chi connectivity index (χ1v) is 5.49. The fourth-order valence-corrected chi connectivity index (χ4v) is 2.34. The Morgan fingerprint density at radius 3 is 2.81 bits per heavy atom. The molecule has 0 saturated carbocycles. The minimum atomic E-state index is 0.118. The lowest BCUT2D eigenvalue weighted by Gasteiger charge is -2.10. The third-order valence-electron chi connectivity index (χ3n) is 3.14. The average Bonchev–Trinajstić information content (AvgIpc) is 2.60. The lowest BCUT2D eigenvalue weighted by molar-refractivity contribution is 0.281. The van der Waals surface area contributed by atoms with Gasteiger partial charge in [-0.2, -0.15) is 0 Å². The van der Waals surface area contributed by atoms with E-state index in [0.717, 1.165) is 0 Å². The Morgan fingerprint density at radius 1 is 1.38 bits per heavy atom. The van der Waals surface area contributed by atoms with Crippen LogP contribution in [0, 0.1) is 0 Å². The maximum Gasteiger partial charge on any atom is 0.0540 e. The van der Waals surface area contributed by atoms with Crippen LogP contribution in [-0.2, 0) is 0 Å². The molecule has 1 aliphatic carbocycles. The van der Waals surface area contributed by atoms with Gasteiger partial charge in [0.15, 0.2) is 0 Å². The van der Waals surface area contributed by atoms with Gasteiger partial charge in [0.1, 0.15) is 0 Å². The van der Waals surface area contributed by atoms with Gasteiger partial charge in [-0.1, -0.05) is 49.1 Å². The van der Waals surface area contributed by atoms with Gasteiger partial charge in [0, 0.05) is 5.92 Å². The zero-order valence-electron chi connectivity index (χ0n) is 9.48. The summed E-state index contributed by atoms with van der Waals surface area (Å²) in [5, 5.41) is 9.51. The third kappa shape index (κ3) is 1.63. The fourth-order valence-electron chi connectivity index (χ4n) is 2.34. The van der Waals surface area contributed by atoms with Crippen LogP contribution in [0.1, 0.15) is 24.0 Å². The average molecular weight is 212 g/mol. The monoisotopic (exact) mass is 212 g/mol. The number of aliphatic hydroxyl groups excluding tert-OH is 1. The zero-order valence-corrected chi connectivity index (χ0v) is 9.48.